The van der Waals surface area contributed by atoms with Gasteiger partial charge >= 0.3 is 0 Å². The summed E-state index contributed by atoms with van der Waals surface area (Å²) in [5.74, 6) is -0.284. The van der Waals surface area contributed by atoms with Gasteiger partial charge in [0.25, 0.3) is 0 Å². The second-order valence-electron chi connectivity index (χ2n) is 3.28. The number of rotatable bonds is 2. The molecule has 0 aliphatic heterocycles. The minimum atomic E-state index is -0.665. The van der Waals surface area contributed by atoms with Crippen LogP contribution in [0.25, 0.3) is 0 Å². The SMILES string of the molecule is Cc1ccc([C@@H](N)C(C)O)cc1F. The van der Waals surface area contributed by atoms with Gasteiger partial charge in [-0.25, -0.2) is 4.39 Å². The predicted octanol–water partition coefficient (Wildman–Crippen LogP) is 1.51. The molecule has 0 saturated carbocycles. The molecule has 1 unspecified atom stereocenters. The number of aliphatic hydroxyl groups excluding tert-OH is 1. The summed E-state index contributed by atoms with van der Waals surface area (Å²) in [6.45, 7) is 3.27. The maximum Gasteiger partial charge on any atom is 0.126 e. The smallest absolute Gasteiger partial charge is 0.126 e. The van der Waals surface area contributed by atoms with Gasteiger partial charge in [-0.3, -0.25) is 0 Å². The van der Waals surface area contributed by atoms with Gasteiger partial charge in [0.15, 0.2) is 0 Å². The maximum absolute atomic E-state index is 13.1. The fourth-order valence-electron chi connectivity index (χ4n) is 1.09. The lowest BCUT2D eigenvalue weighted by Gasteiger charge is -2.15. The third kappa shape index (κ3) is 2.26. The Morgan fingerprint density at radius 2 is 2.08 bits per heavy atom. The van der Waals surface area contributed by atoms with E-state index in [1.807, 2.05) is 0 Å². The van der Waals surface area contributed by atoms with E-state index in [1.54, 1.807) is 26.0 Å². The average molecular weight is 183 g/mol. The van der Waals surface area contributed by atoms with Crippen molar-refractivity contribution in [1.29, 1.82) is 0 Å². The van der Waals surface area contributed by atoms with Crippen molar-refractivity contribution in [3.05, 3.63) is 35.1 Å². The molecule has 0 aliphatic rings. The number of hydrogen-bond acceptors (Lipinski definition) is 2. The van der Waals surface area contributed by atoms with Gasteiger partial charge in [-0.15, -0.1) is 0 Å². The summed E-state index contributed by atoms with van der Waals surface area (Å²) in [5, 5.41) is 9.19. The fraction of sp³-hybridized carbons (Fsp3) is 0.400. The highest BCUT2D eigenvalue weighted by Gasteiger charge is 2.12. The van der Waals surface area contributed by atoms with Crippen molar-refractivity contribution in [3.8, 4) is 0 Å². The number of benzene rings is 1. The fourth-order valence-corrected chi connectivity index (χ4v) is 1.09. The van der Waals surface area contributed by atoms with Crippen LogP contribution in [0.15, 0.2) is 18.2 Å². The van der Waals surface area contributed by atoms with Crippen LogP contribution in [-0.4, -0.2) is 11.2 Å². The first-order valence-corrected chi connectivity index (χ1v) is 4.22. The zero-order valence-corrected chi connectivity index (χ0v) is 7.79. The van der Waals surface area contributed by atoms with E-state index < -0.39 is 12.1 Å². The Bertz CT molecular complexity index is 299. The van der Waals surface area contributed by atoms with E-state index in [4.69, 9.17) is 5.73 Å². The van der Waals surface area contributed by atoms with E-state index in [1.165, 1.54) is 6.07 Å². The van der Waals surface area contributed by atoms with Crippen LogP contribution in [0.2, 0.25) is 0 Å². The van der Waals surface area contributed by atoms with Crippen LogP contribution in [0.3, 0.4) is 0 Å². The Labute approximate surface area is 77.2 Å². The highest BCUT2D eigenvalue weighted by molar-refractivity contribution is 5.26. The number of aryl methyl sites for hydroxylation is 1. The van der Waals surface area contributed by atoms with Gasteiger partial charge in [-0.1, -0.05) is 12.1 Å². The van der Waals surface area contributed by atoms with Gasteiger partial charge in [-0.2, -0.15) is 0 Å². The normalized spacial score (nSPS) is 15.5. The van der Waals surface area contributed by atoms with Crippen LogP contribution in [-0.2, 0) is 0 Å². The zero-order chi connectivity index (χ0) is 10.0. The Morgan fingerprint density at radius 3 is 2.54 bits per heavy atom. The van der Waals surface area contributed by atoms with E-state index >= 15 is 0 Å². The molecule has 0 fully saturated rings. The summed E-state index contributed by atoms with van der Waals surface area (Å²) < 4.78 is 13.1. The summed E-state index contributed by atoms with van der Waals surface area (Å²) in [4.78, 5) is 0. The van der Waals surface area contributed by atoms with Crippen molar-refractivity contribution >= 4 is 0 Å². The first kappa shape index (κ1) is 10.2. The summed E-state index contributed by atoms with van der Waals surface area (Å²) in [5.41, 5.74) is 6.85. The van der Waals surface area contributed by atoms with Gasteiger partial charge in [0.2, 0.25) is 0 Å². The molecule has 0 bridgehead atoms. The third-order valence-electron chi connectivity index (χ3n) is 2.10. The van der Waals surface area contributed by atoms with Crippen molar-refractivity contribution < 1.29 is 9.50 Å². The molecule has 0 saturated heterocycles. The highest BCUT2D eigenvalue weighted by atomic mass is 19.1. The standard InChI is InChI=1S/C10H14FNO/c1-6-3-4-8(5-9(6)11)10(12)7(2)13/h3-5,7,10,13H,12H2,1-2H3/t7?,10-/m0/s1. The third-order valence-corrected chi connectivity index (χ3v) is 2.10. The molecule has 1 aromatic rings. The van der Waals surface area contributed by atoms with Crippen LogP contribution in [0, 0.1) is 12.7 Å². The summed E-state index contributed by atoms with van der Waals surface area (Å²) in [6, 6.07) is 4.24. The van der Waals surface area contributed by atoms with Crippen molar-refractivity contribution in [2.75, 3.05) is 0 Å². The lowest BCUT2D eigenvalue weighted by Crippen LogP contribution is -2.23. The highest BCUT2D eigenvalue weighted by Crippen LogP contribution is 2.17. The molecule has 0 aliphatic carbocycles. The molecule has 0 radical (unpaired) electrons. The van der Waals surface area contributed by atoms with E-state index in [0.29, 0.717) is 11.1 Å². The topological polar surface area (TPSA) is 46.2 Å². The quantitative estimate of drug-likeness (QED) is 0.730. The van der Waals surface area contributed by atoms with E-state index in [9.17, 15) is 9.50 Å². The van der Waals surface area contributed by atoms with E-state index in [-0.39, 0.29) is 5.82 Å². The molecule has 13 heavy (non-hydrogen) atoms. The molecule has 3 N–H and O–H groups in total. The van der Waals surface area contributed by atoms with Gasteiger partial charge in [-0.05, 0) is 31.0 Å². The van der Waals surface area contributed by atoms with Crippen LogP contribution in [0.5, 0.6) is 0 Å². The molecular weight excluding hydrogens is 169 g/mol. The largest absolute Gasteiger partial charge is 0.391 e. The molecule has 2 nitrogen and oxygen atoms in total. The van der Waals surface area contributed by atoms with Crippen LogP contribution < -0.4 is 5.73 Å². The minimum absolute atomic E-state index is 0.284. The van der Waals surface area contributed by atoms with Crippen molar-refractivity contribution in [3.63, 3.8) is 0 Å². The van der Waals surface area contributed by atoms with Crippen LogP contribution in [0.1, 0.15) is 24.1 Å². The number of halogens is 1. The van der Waals surface area contributed by atoms with Crippen molar-refractivity contribution in [2.24, 2.45) is 5.73 Å². The van der Waals surface area contributed by atoms with E-state index in [2.05, 4.69) is 0 Å². The molecule has 0 amide bonds. The second-order valence-corrected chi connectivity index (χ2v) is 3.28. The Morgan fingerprint density at radius 1 is 1.46 bits per heavy atom. The molecule has 0 heterocycles. The minimum Gasteiger partial charge on any atom is -0.391 e. The van der Waals surface area contributed by atoms with Gasteiger partial charge in [0, 0.05) is 0 Å². The molecule has 2 atom stereocenters. The Kier molecular flexibility index (Phi) is 3.01. The first-order chi connectivity index (χ1) is 6.02. The predicted molar refractivity (Wildman–Crippen MR) is 49.7 cm³/mol. The number of hydrogen-bond donors (Lipinski definition) is 2. The van der Waals surface area contributed by atoms with Crippen LogP contribution >= 0.6 is 0 Å². The average Bonchev–Trinajstić information content (AvgIpc) is 2.08. The lowest BCUT2D eigenvalue weighted by molar-refractivity contribution is 0.164. The first-order valence-electron chi connectivity index (χ1n) is 4.22. The number of nitrogens with two attached hydrogens (primary N) is 1. The molecule has 3 heteroatoms. The van der Waals surface area contributed by atoms with Crippen molar-refractivity contribution in [2.45, 2.75) is 26.0 Å². The molecule has 1 aromatic carbocycles. The lowest BCUT2D eigenvalue weighted by atomic mass is 10.0. The number of aliphatic hydroxyl groups is 1. The molecule has 0 spiro atoms. The van der Waals surface area contributed by atoms with Crippen LogP contribution in [0.4, 0.5) is 4.39 Å². The summed E-state index contributed by atoms with van der Waals surface area (Å²) in [6.07, 6.45) is -0.665. The van der Waals surface area contributed by atoms with E-state index in [0.717, 1.165) is 0 Å². The monoisotopic (exact) mass is 183 g/mol. The maximum atomic E-state index is 13.1. The van der Waals surface area contributed by atoms with Gasteiger partial charge in [0.1, 0.15) is 5.82 Å². The van der Waals surface area contributed by atoms with Crippen molar-refractivity contribution in [1.82, 2.24) is 0 Å². The summed E-state index contributed by atoms with van der Waals surface area (Å²) >= 11 is 0. The Balaban J connectivity index is 2.97. The zero-order valence-electron chi connectivity index (χ0n) is 7.79. The van der Waals surface area contributed by atoms with Gasteiger partial charge < -0.3 is 10.8 Å². The second kappa shape index (κ2) is 3.85. The molecule has 1 rings (SSSR count). The summed E-state index contributed by atoms with van der Waals surface area (Å²) in [7, 11) is 0. The van der Waals surface area contributed by atoms with Gasteiger partial charge in [0.05, 0.1) is 12.1 Å². The molecule has 0 aromatic heterocycles. The molecule has 72 valence electrons. The molecular formula is C10H14FNO. The Hall–Kier alpha value is -0.930.